The second-order valence-corrected chi connectivity index (χ2v) is 4.04. The first-order chi connectivity index (χ1) is 4.46. The molecule has 0 aliphatic heterocycles. The molecule has 10 heavy (non-hydrogen) atoms. The molecule has 1 atom stereocenters. The summed E-state index contributed by atoms with van der Waals surface area (Å²) in [6.45, 7) is 5.52. The summed E-state index contributed by atoms with van der Waals surface area (Å²) in [5, 5.41) is 0. The van der Waals surface area contributed by atoms with Crippen LogP contribution in [0, 0.1) is 5.92 Å². The molecule has 1 aliphatic rings. The van der Waals surface area contributed by atoms with Crippen molar-refractivity contribution in [3.8, 4) is 0 Å². The van der Waals surface area contributed by atoms with E-state index < -0.39 is 4.33 Å². The number of allylic oxidation sites excluding steroid dienone is 1. The Morgan fingerprint density at radius 2 is 2.30 bits per heavy atom. The molecule has 0 amide bonds. The molecule has 0 aromatic carbocycles. The number of hydrogen-bond acceptors (Lipinski definition) is 1. The highest BCUT2D eigenvalue weighted by Gasteiger charge is 2.52. The number of carbonyl (C=O) groups is 1. The number of hydrogen-bond donors (Lipinski definition) is 0. The fourth-order valence-corrected chi connectivity index (χ4v) is 1.68. The Morgan fingerprint density at radius 3 is 2.40 bits per heavy atom. The summed E-state index contributed by atoms with van der Waals surface area (Å²) < 4.78 is -1.17. The van der Waals surface area contributed by atoms with Crippen molar-refractivity contribution >= 4 is 29.0 Å². The highest BCUT2D eigenvalue weighted by molar-refractivity contribution is 6.60. The van der Waals surface area contributed by atoms with Gasteiger partial charge < -0.3 is 0 Å². The second-order valence-electron chi connectivity index (χ2n) is 2.65. The normalized spacial score (nSPS) is 29.5. The van der Waals surface area contributed by atoms with Gasteiger partial charge >= 0.3 is 0 Å². The Morgan fingerprint density at radius 1 is 1.80 bits per heavy atom. The Labute approximate surface area is 70.0 Å². The first-order valence-electron chi connectivity index (χ1n) is 3.02. The summed E-state index contributed by atoms with van der Waals surface area (Å²) in [6.07, 6.45) is 0.447. The van der Waals surface area contributed by atoms with Crippen LogP contribution in [0.4, 0.5) is 0 Å². The van der Waals surface area contributed by atoms with Gasteiger partial charge in [-0.15, -0.1) is 0 Å². The van der Waals surface area contributed by atoms with Crippen molar-refractivity contribution in [1.82, 2.24) is 0 Å². The van der Waals surface area contributed by atoms with Crippen molar-refractivity contribution in [1.29, 1.82) is 0 Å². The average Bonchev–Trinajstić information content (AvgIpc) is 1.82. The maximum atomic E-state index is 10.8. The van der Waals surface area contributed by atoms with Crippen LogP contribution in [0.15, 0.2) is 12.2 Å². The third-order valence-corrected chi connectivity index (χ3v) is 2.74. The number of ketones is 1. The molecule has 0 radical (unpaired) electrons. The zero-order chi connectivity index (χ0) is 7.94. The minimum absolute atomic E-state index is 0.0386. The Balaban J connectivity index is 2.72. The molecular formula is C7H8Cl2O. The van der Waals surface area contributed by atoms with E-state index in [1.54, 1.807) is 0 Å². The summed E-state index contributed by atoms with van der Waals surface area (Å²) in [6, 6.07) is 0. The zero-order valence-electron chi connectivity index (χ0n) is 5.66. The van der Waals surface area contributed by atoms with Gasteiger partial charge in [0.1, 0.15) is 0 Å². The van der Waals surface area contributed by atoms with Crippen LogP contribution < -0.4 is 0 Å². The van der Waals surface area contributed by atoms with Crippen molar-refractivity contribution in [3.63, 3.8) is 0 Å². The first-order valence-corrected chi connectivity index (χ1v) is 3.78. The predicted molar refractivity (Wildman–Crippen MR) is 42.4 cm³/mol. The monoisotopic (exact) mass is 178 g/mol. The van der Waals surface area contributed by atoms with Gasteiger partial charge in [-0.2, -0.15) is 0 Å². The van der Waals surface area contributed by atoms with Crippen LogP contribution in [0.5, 0.6) is 0 Å². The lowest BCUT2D eigenvalue weighted by atomic mass is 9.78. The van der Waals surface area contributed by atoms with Gasteiger partial charge in [-0.05, 0) is 6.92 Å². The van der Waals surface area contributed by atoms with Crippen LogP contribution in [0.25, 0.3) is 0 Å². The van der Waals surface area contributed by atoms with Gasteiger partial charge in [0.25, 0.3) is 0 Å². The molecule has 0 N–H and O–H groups in total. The molecule has 0 spiro atoms. The summed E-state index contributed by atoms with van der Waals surface area (Å²) in [5.74, 6) is -0.132. The zero-order valence-corrected chi connectivity index (χ0v) is 7.17. The molecular weight excluding hydrogens is 171 g/mol. The largest absolute Gasteiger partial charge is 0.296 e. The minimum atomic E-state index is -1.17. The summed E-state index contributed by atoms with van der Waals surface area (Å²) >= 11 is 11.3. The Bertz CT molecular complexity index is 196. The van der Waals surface area contributed by atoms with Gasteiger partial charge in [-0.25, -0.2) is 0 Å². The summed E-state index contributed by atoms with van der Waals surface area (Å²) in [5.41, 5.74) is 0.879. The molecule has 1 rings (SSSR count). The molecule has 0 aromatic heterocycles. The van der Waals surface area contributed by atoms with Crippen LogP contribution in [-0.2, 0) is 4.79 Å². The van der Waals surface area contributed by atoms with Crippen molar-refractivity contribution < 1.29 is 4.79 Å². The highest BCUT2D eigenvalue weighted by Crippen LogP contribution is 2.47. The molecule has 1 fully saturated rings. The van der Waals surface area contributed by atoms with Gasteiger partial charge in [-0.3, -0.25) is 4.79 Å². The van der Waals surface area contributed by atoms with Crippen molar-refractivity contribution in [3.05, 3.63) is 12.2 Å². The van der Waals surface area contributed by atoms with Gasteiger partial charge in [-0.1, -0.05) is 35.4 Å². The lowest BCUT2D eigenvalue weighted by Crippen LogP contribution is -2.47. The fraction of sp³-hybridized carbons (Fsp3) is 0.571. The highest BCUT2D eigenvalue weighted by atomic mass is 35.5. The van der Waals surface area contributed by atoms with Crippen LogP contribution in [0.1, 0.15) is 13.3 Å². The number of Topliss-reactive ketones (excluding diaryl/α,β-unsaturated/α-hetero) is 1. The minimum Gasteiger partial charge on any atom is -0.296 e. The lowest BCUT2D eigenvalue weighted by molar-refractivity contribution is -0.127. The van der Waals surface area contributed by atoms with Crippen LogP contribution in [-0.4, -0.2) is 10.1 Å². The summed E-state index contributed by atoms with van der Waals surface area (Å²) in [7, 11) is 0. The van der Waals surface area contributed by atoms with Crippen molar-refractivity contribution in [2.75, 3.05) is 0 Å². The quantitative estimate of drug-likeness (QED) is 0.446. The fourth-order valence-electron chi connectivity index (χ4n) is 0.997. The molecule has 1 nitrogen and oxygen atoms in total. The smallest absolute Gasteiger partial charge is 0.182 e. The third kappa shape index (κ3) is 0.977. The van der Waals surface area contributed by atoms with Gasteiger partial charge in [0.2, 0.25) is 0 Å². The van der Waals surface area contributed by atoms with E-state index in [2.05, 4.69) is 6.58 Å². The van der Waals surface area contributed by atoms with Gasteiger partial charge in [0, 0.05) is 12.3 Å². The average molecular weight is 179 g/mol. The van der Waals surface area contributed by atoms with E-state index in [0.29, 0.717) is 6.42 Å². The molecule has 0 heterocycles. The number of rotatable bonds is 1. The molecule has 0 saturated heterocycles. The Hall–Kier alpha value is -0.0100. The SMILES string of the molecule is C=C(C)C1CC(=O)C1(Cl)Cl. The van der Waals surface area contributed by atoms with E-state index in [0.717, 1.165) is 5.57 Å². The van der Waals surface area contributed by atoms with E-state index in [4.69, 9.17) is 23.2 Å². The van der Waals surface area contributed by atoms with Gasteiger partial charge in [0.15, 0.2) is 10.1 Å². The van der Waals surface area contributed by atoms with Crippen molar-refractivity contribution in [2.24, 2.45) is 5.92 Å². The number of carbonyl (C=O) groups excluding carboxylic acids is 1. The standard InChI is InChI=1S/C7H8Cl2O/c1-4(2)5-3-6(10)7(5,8)9/h5H,1,3H2,2H3. The maximum absolute atomic E-state index is 10.8. The third-order valence-electron chi connectivity index (χ3n) is 1.79. The molecule has 1 saturated carbocycles. The molecule has 0 bridgehead atoms. The molecule has 1 unspecified atom stereocenters. The van der Waals surface area contributed by atoms with Crippen molar-refractivity contribution in [2.45, 2.75) is 17.7 Å². The van der Waals surface area contributed by atoms with E-state index in [9.17, 15) is 4.79 Å². The van der Waals surface area contributed by atoms with E-state index in [1.165, 1.54) is 0 Å². The van der Waals surface area contributed by atoms with Crippen LogP contribution in [0.3, 0.4) is 0 Å². The van der Waals surface area contributed by atoms with E-state index in [-0.39, 0.29) is 11.7 Å². The second kappa shape index (κ2) is 2.24. The molecule has 3 heteroatoms. The topological polar surface area (TPSA) is 17.1 Å². The molecule has 1 aliphatic carbocycles. The molecule has 0 aromatic rings. The lowest BCUT2D eigenvalue weighted by Gasteiger charge is -2.38. The predicted octanol–water partition coefficient (Wildman–Crippen LogP) is 2.33. The molecule has 56 valence electrons. The number of halogens is 2. The number of alkyl halides is 2. The van der Waals surface area contributed by atoms with Gasteiger partial charge in [0.05, 0.1) is 0 Å². The van der Waals surface area contributed by atoms with Crippen LogP contribution >= 0.6 is 23.2 Å². The van der Waals surface area contributed by atoms with Crippen LogP contribution in [0.2, 0.25) is 0 Å². The van der Waals surface area contributed by atoms with E-state index in [1.807, 2.05) is 6.92 Å². The summed E-state index contributed by atoms with van der Waals surface area (Å²) in [4.78, 5) is 10.8. The van der Waals surface area contributed by atoms with E-state index >= 15 is 0 Å². The first kappa shape index (κ1) is 8.09. The maximum Gasteiger partial charge on any atom is 0.182 e. The Kier molecular flexibility index (Phi) is 1.82.